The molecule has 0 bridgehead atoms. The fraction of sp³-hybridized carbons (Fsp3) is 0.667. The number of amides is 1. The van der Waals surface area contributed by atoms with Gasteiger partial charge in [-0.15, -0.1) is 0 Å². The molecule has 0 aromatic heterocycles. The topological polar surface area (TPSA) is 75.6 Å². The molecule has 1 heterocycles. The third-order valence-electron chi connectivity index (χ3n) is 1.41. The van der Waals surface area contributed by atoms with Crippen molar-refractivity contribution in [2.24, 2.45) is 0 Å². The summed E-state index contributed by atoms with van der Waals surface area (Å²) in [6.07, 6.45) is -0.00218. The lowest BCUT2D eigenvalue weighted by molar-refractivity contribution is -0.146. The Kier molecular flexibility index (Phi) is 2.43. The van der Waals surface area contributed by atoms with Crippen LogP contribution in [0.15, 0.2) is 0 Å². The number of hydrogen-bond donors (Lipinski definition) is 2. The van der Waals surface area contributed by atoms with Crippen LogP contribution in [0.5, 0.6) is 0 Å². The summed E-state index contributed by atoms with van der Waals surface area (Å²) in [5.41, 5.74) is 0. The van der Waals surface area contributed by atoms with Crippen molar-refractivity contribution in [2.45, 2.75) is 12.5 Å². The normalized spacial score (nSPS) is 23.3. The minimum atomic E-state index is -1.05. The standard InChI is InChI=1S/C6H9NO4/c8-5(9)3-11-4-1-2-7-6(4)10/h4H,1-3H2,(H,7,10)(H,8,9). The van der Waals surface area contributed by atoms with E-state index >= 15 is 0 Å². The highest BCUT2D eigenvalue weighted by Gasteiger charge is 2.24. The van der Waals surface area contributed by atoms with Gasteiger partial charge in [-0.05, 0) is 6.42 Å². The van der Waals surface area contributed by atoms with E-state index in [0.717, 1.165) is 0 Å². The number of ether oxygens (including phenoxy) is 1. The lowest BCUT2D eigenvalue weighted by Crippen LogP contribution is -2.27. The second-order valence-electron chi connectivity index (χ2n) is 2.27. The van der Waals surface area contributed by atoms with Gasteiger partial charge in [0.15, 0.2) is 0 Å². The molecule has 0 aromatic rings. The summed E-state index contributed by atoms with van der Waals surface area (Å²) < 4.78 is 4.77. The summed E-state index contributed by atoms with van der Waals surface area (Å²) in [5.74, 6) is -1.27. The van der Waals surface area contributed by atoms with Crippen LogP contribution < -0.4 is 5.32 Å². The lowest BCUT2D eigenvalue weighted by Gasteiger charge is -2.04. The third kappa shape index (κ3) is 2.19. The van der Waals surface area contributed by atoms with Gasteiger partial charge in [0.2, 0.25) is 5.91 Å². The van der Waals surface area contributed by atoms with Crippen LogP contribution >= 0.6 is 0 Å². The second-order valence-corrected chi connectivity index (χ2v) is 2.27. The van der Waals surface area contributed by atoms with Gasteiger partial charge in [0.05, 0.1) is 0 Å². The van der Waals surface area contributed by atoms with Crippen molar-refractivity contribution in [3.63, 3.8) is 0 Å². The zero-order valence-electron chi connectivity index (χ0n) is 5.87. The fourth-order valence-corrected chi connectivity index (χ4v) is 0.902. The Labute approximate surface area is 63.3 Å². The Balaban J connectivity index is 2.26. The summed E-state index contributed by atoms with van der Waals surface area (Å²) in [5, 5.41) is 10.7. The molecule has 11 heavy (non-hydrogen) atoms. The Bertz CT molecular complexity index is 179. The van der Waals surface area contributed by atoms with E-state index in [1.807, 2.05) is 0 Å². The molecule has 1 atom stereocenters. The summed E-state index contributed by atoms with van der Waals surface area (Å²) in [6, 6.07) is 0. The quantitative estimate of drug-likeness (QED) is 0.552. The van der Waals surface area contributed by atoms with Gasteiger partial charge in [-0.1, -0.05) is 0 Å². The van der Waals surface area contributed by atoms with Crippen LogP contribution in [-0.4, -0.2) is 36.2 Å². The third-order valence-corrected chi connectivity index (χ3v) is 1.41. The molecule has 0 spiro atoms. The molecular weight excluding hydrogens is 150 g/mol. The molecule has 1 aliphatic rings. The number of carbonyl (C=O) groups is 2. The number of carboxylic acid groups (broad SMARTS) is 1. The highest BCUT2D eigenvalue weighted by Crippen LogP contribution is 2.03. The van der Waals surface area contributed by atoms with Gasteiger partial charge < -0.3 is 15.2 Å². The largest absolute Gasteiger partial charge is 0.480 e. The smallest absolute Gasteiger partial charge is 0.329 e. The van der Waals surface area contributed by atoms with Crippen LogP contribution in [0.1, 0.15) is 6.42 Å². The Hall–Kier alpha value is -1.10. The molecule has 2 N–H and O–H groups in total. The fourth-order valence-electron chi connectivity index (χ4n) is 0.902. The van der Waals surface area contributed by atoms with Crippen LogP contribution in [0.3, 0.4) is 0 Å². The molecule has 0 saturated carbocycles. The maximum atomic E-state index is 10.8. The van der Waals surface area contributed by atoms with E-state index in [1.54, 1.807) is 0 Å². The first-order chi connectivity index (χ1) is 5.20. The van der Waals surface area contributed by atoms with Gasteiger partial charge in [-0.2, -0.15) is 0 Å². The van der Waals surface area contributed by atoms with Crippen molar-refractivity contribution in [1.82, 2.24) is 5.32 Å². The summed E-state index contributed by atoms with van der Waals surface area (Å²) in [4.78, 5) is 20.8. The SMILES string of the molecule is O=C(O)COC1CCNC1=O. The van der Waals surface area contributed by atoms with E-state index in [-0.39, 0.29) is 5.91 Å². The highest BCUT2D eigenvalue weighted by molar-refractivity contribution is 5.83. The Morgan fingerprint density at radius 2 is 2.55 bits per heavy atom. The average molecular weight is 159 g/mol. The van der Waals surface area contributed by atoms with Gasteiger partial charge in [0, 0.05) is 6.54 Å². The average Bonchev–Trinajstić information content (AvgIpc) is 2.31. The van der Waals surface area contributed by atoms with E-state index in [0.29, 0.717) is 13.0 Å². The molecule has 1 aliphatic heterocycles. The van der Waals surface area contributed by atoms with Crippen molar-refractivity contribution in [2.75, 3.05) is 13.2 Å². The van der Waals surface area contributed by atoms with E-state index in [2.05, 4.69) is 5.32 Å². The molecule has 62 valence electrons. The summed E-state index contributed by atoms with van der Waals surface area (Å²) >= 11 is 0. The number of aliphatic carboxylic acids is 1. The zero-order valence-corrected chi connectivity index (χ0v) is 5.87. The number of carbonyl (C=O) groups excluding carboxylic acids is 1. The summed E-state index contributed by atoms with van der Waals surface area (Å²) in [7, 11) is 0. The van der Waals surface area contributed by atoms with Crippen molar-refractivity contribution < 1.29 is 19.4 Å². The summed E-state index contributed by atoms with van der Waals surface area (Å²) in [6.45, 7) is 0.168. The molecule has 1 rings (SSSR count). The first-order valence-corrected chi connectivity index (χ1v) is 3.31. The number of rotatable bonds is 3. The van der Waals surface area contributed by atoms with Crippen molar-refractivity contribution in [3.05, 3.63) is 0 Å². The molecule has 0 aliphatic carbocycles. The number of hydrogen-bond acceptors (Lipinski definition) is 3. The molecule has 0 radical (unpaired) electrons. The van der Waals surface area contributed by atoms with Gasteiger partial charge in [0.25, 0.3) is 0 Å². The predicted molar refractivity (Wildman–Crippen MR) is 35.0 cm³/mol. The number of nitrogens with one attached hydrogen (secondary N) is 1. The molecular formula is C6H9NO4. The van der Waals surface area contributed by atoms with Crippen molar-refractivity contribution >= 4 is 11.9 Å². The number of carboxylic acids is 1. The van der Waals surface area contributed by atoms with Crippen LogP contribution in [0.25, 0.3) is 0 Å². The molecule has 0 aromatic carbocycles. The first-order valence-electron chi connectivity index (χ1n) is 3.31. The van der Waals surface area contributed by atoms with Crippen LogP contribution in [0.4, 0.5) is 0 Å². The first kappa shape index (κ1) is 8.00. The lowest BCUT2D eigenvalue weighted by atomic mass is 10.3. The van der Waals surface area contributed by atoms with E-state index in [9.17, 15) is 9.59 Å². The Morgan fingerprint density at radius 3 is 3.00 bits per heavy atom. The minimum absolute atomic E-state index is 0.216. The Morgan fingerprint density at radius 1 is 1.82 bits per heavy atom. The zero-order chi connectivity index (χ0) is 8.27. The second kappa shape index (κ2) is 3.34. The molecule has 1 saturated heterocycles. The maximum absolute atomic E-state index is 10.8. The molecule has 1 unspecified atom stereocenters. The van der Waals surface area contributed by atoms with Gasteiger partial charge in [-0.3, -0.25) is 4.79 Å². The van der Waals surface area contributed by atoms with E-state index in [4.69, 9.17) is 9.84 Å². The van der Waals surface area contributed by atoms with Gasteiger partial charge in [-0.25, -0.2) is 4.79 Å². The van der Waals surface area contributed by atoms with Gasteiger partial charge in [0.1, 0.15) is 12.7 Å². The minimum Gasteiger partial charge on any atom is -0.480 e. The monoisotopic (exact) mass is 159 g/mol. The molecule has 5 nitrogen and oxygen atoms in total. The van der Waals surface area contributed by atoms with Crippen LogP contribution in [-0.2, 0) is 14.3 Å². The molecule has 5 heteroatoms. The molecule has 1 amide bonds. The highest BCUT2D eigenvalue weighted by atomic mass is 16.5. The van der Waals surface area contributed by atoms with Crippen molar-refractivity contribution in [1.29, 1.82) is 0 Å². The maximum Gasteiger partial charge on any atom is 0.329 e. The van der Waals surface area contributed by atoms with Crippen molar-refractivity contribution in [3.8, 4) is 0 Å². The van der Waals surface area contributed by atoms with Crippen LogP contribution in [0, 0.1) is 0 Å². The van der Waals surface area contributed by atoms with Crippen LogP contribution in [0.2, 0.25) is 0 Å². The predicted octanol–water partition coefficient (Wildman–Crippen LogP) is -1.02. The van der Waals surface area contributed by atoms with E-state index in [1.165, 1.54) is 0 Å². The van der Waals surface area contributed by atoms with E-state index < -0.39 is 18.7 Å². The molecule has 1 fully saturated rings. The van der Waals surface area contributed by atoms with Gasteiger partial charge >= 0.3 is 5.97 Å².